The molecular weight excluding hydrogens is 524 g/mol. The molecular formula is C36H40N2O4. The van der Waals surface area contributed by atoms with E-state index in [-0.39, 0.29) is 13.2 Å². The highest BCUT2D eigenvalue weighted by molar-refractivity contribution is 6.05. The zero-order valence-corrected chi connectivity index (χ0v) is 25.1. The lowest BCUT2D eigenvalue weighted by atomic mass is 10.0. The fourth-order valence-electron chi connectivity index (χ4n) is 5.83. The maximum Gasteiger partial charge on any atom is 0.419 e. The highest BCUT2D eigenvalue weighted by Gasteiger charge is 2.25. The zero-order chi connectivity index (χ0) is 29.6. The number of benzene rings is 3. The van der Waals surface area contributed by atoms with E-state index in [1.54, 1.807) is 9.13 Å². The number of aromatic nitrogens is 2. The molecule has 42 heavy (non-hydrogen) atoms. The Balaban J connectivity index is 1.62. The van der Waals surface area contributed by atoms with Crippen molar-refractivity contribution in [2.75, 3.05) is 0 Å². The Morgan fingerprint density at radius 3 is 1.36 bits per heavy atom. The molecule has 6 nitrogen and oxygen atoms in total. The van der Waals surface area contributed by atoms with Gasteiger partial charge < -0.3 is 9.47 Å². The van der Waals surface area contributed by atoms with E-state index < -0.39 is 12.2 Å². The van der Waals surface area contributed by atoms with Crippen LogP contribution in [0.25, 0.3) is 21.8 Å². The van der Waals surface area contributed by atoms with Crippen LogP contribution in [0.15, 0.2) is 72.8 Å². The number of fused-ring (bicyclic) bond motifs is 2. The highest BCUT2D eigenvalue weighted by atomic mass is 16.6. The van der Waals surface area contributed by atoms with Crippen LogP contribution >= 0.6 is 0 Å². The van der Waals surface area contributed by atoms with Crippen molar-refractivity contribution < 1.29 is 19.1 Å². The molecule has 0 atom stereocenters. The monoisotopic (exact) mass is 564 g/mol. The Morgan fingerprint density at radius 1 is 0.619 bits per heavy atom. The van der Waals surface area contributed by atoms with E-state index in [0.29, 0.717) is 0 Å². The van der Waals surface area contributed by atoms with E-state index in [9.17, 15) is 9.59 Å². The number of hydrogen-bond acceptors (Lipinski definition) is 4. The molecule has 2 aromatic heterocycles. The minimum absolute atomic E-state index is 0.204. The molecule has 0 spiro atoms. The van der Waals surface area contributed by atoms with Gasteiger partial charge in [0.2, 0.25) is 0 Å². The van der Waals surface area contributed by atoms with Gasteiger partial charge in [0.15, 0.2) is 0 Å². The van der Waals surface area contributed by atoms with Crippen LogP contribution in [-0.2, 0) is 35.5 Å². The van der Waals surface area contributed by atoms with Crippen LogP contribution in [0.1, 0.15) is 73.2 Å². The van der Waals surface area contributed by atoms with Crippen molar-refractivity contribution in [2.45, 2.75) is 79.4 Å². The average molecular weight is 565 g/mol. The summed E-state index contributed by atoms with van der Waals surface area (Å²) < 4.78 is 15.1. The summed E-state index contributed by atoms with van der Waals surface area (Å²) in [6, 6.07) is 23.6. The van der Waals surface area contributed by atoms with Gasteiger partial charge in [-0.05, 0) is 73.9 Å². The average Bonchev–Trinajstić information content (AvgIpc) is 3.44. The van der Waals surface area contributed by atoms with Crippen molar-refractivity contribution in [3.8, 4) is 0 Å². The summed E-state index contributed by atoms with van der Waals surface area (Å²) >= 11 is 0. The van der Waals surface area contributed by atoms with Gasteiger partial charge >= 0.3 is 12.2 Å². The summed E-state index contributed by atoms with van der Waals surface area (Å²) in [5.74, 6) is 0. The number of hydrogen-bond donors (Lipinski definition) is 0. The molecule has 0 unspecified atom stereocenters. The number of aryl methyl sites for hydroxylation is 2. The maximum atomic E-state index is 13.6. The number of unbranched alkanes of at least 4 members (excludes halogenated alkanes) is 2. The van der Waals surface area contributed by atoms with Gasteiger partial charge in [0.1, 0.15) is 13.2 Å². The van der Waals surface area contributed by atoms with Gasteiger partial charge in [-0.25, -0.2) is 18.7 Å². The number of carbonyl (C=O) groups excluding carboxylic acids is 2. The first-order chi connectivity index (χ1) is 20.4. The molecule has 0 radical (unpaired) electrons. The van der Waals surface area contributed by atoms with Crippen LogP contribution in [0.5, 0.6) is 0 Å². The van der Waals surface area contributed by atoms with Crippen molar-refractivity contribution in [1.29, 1.82) is 0 Å². The summed E-state index contributed by atoms with van der Waals surface area (Å²) in [4.78, 5) is 27.2. The van der Waals surface area contributed by atoms with E-state index in [4.69, 9.17) is 9.47 Å². The largest absolute Gasteiger partial charge is 0.444 e. The second-order valence-electron chi connectivity index (χ2n) is 11.0. The predicted molar refractivity (Wildman–Crippen MR) is 168 cm³/mol. The molecule has 6 heteroatoms. The van der Waals surface area contributed by atoms with Crippen LogP contribution < -0.4 is 0 Å². The fraction of sp³-hybridized carbons (Fsp3) is 0.333. The summed E-state index contributed by atoms with van der Waals surface area (Å²) in [6.07, 6.45) is 4.96. The Bertz CT molecular complexity index is 1570. The smallest absolute Gasteiger partial charge is 0.419 e. The van der Waals surface area contributed by atoms with Gasteiger partial charge in [-0.1, -0.05) is 87.4 Å². The molecule has 0 aliphatic rings. The molecule has 5 rings (SSSR count). The third-order valence-corrected chi connectivity index (χ3v) is 8.13. The third kappa shape index (κ3) is 5.85. The minimum Gasteiger partial charge on any atom is -0.444 e. The lowest BCUT2D eigenvalue weighted by Crippen LogP contribution is -2.15. The first kappa shape index (κ1) is 29.2. The number of carbonyl (C=O) groups is 2. The quantitative estimate of drug-likeness (QED) is 0.170. The van der Waals surface area contributed by atoms with Crippen LogP contribution in [0.3, 0.4) is 0 Å². The van der Waals surface area contributed by atoms with Gasteiger partial charge in [-0.3, -0.25) is 0 Å². The lowest BCUT2D eigenvalue weighted by Gasteiger charge is -2.10. The van der Waals surface area contributed by atoms with Crippen molar-refractivity contribution >= 4 is 34.0 Å². The molecule has 5 aromatic rings. The molecule has 0 amide bonds. The normalized spacial score (nSPS) is 11.3. The molecule has 0 bridgehead atoms. The number of rotatable bonds is 10. The second-order valence-corrected chi connectivity index (χ2v) is 11.0. The first-order valence-electron chi connectivity index (χ1n) is 15.0. The second kappa shape index (κ2) is 13.1. The van der Waals surface area contributed by atoms with Gasteiger partial charge in [-0.15, -0.1) is 0 Å². The Hall–Kier alpha value is -4.32. The van der Waals surface area contributed by atoms with Crippen LogP contribution in [0.4, 0.5) is 9.59 Å². The lowest BCUT2D eigenvalue weighted by molar-refractivity contribution is 0.141. The van der Waals surface area contributed by atoms with E-state index in [2.05, 4.69) is 26.0 Å². The predicted octanol–water partition coefficient (Wildman–Crippen LogP) is 9.27. The standard InChI is InChI=1S/C36H40N2O4/c1-5-7-19-29-25(3)37(35(39)41-23-27-15-11-9-12-16-27)33-22-32-30(20-8-6-2)26(4)38(34(32)21-31(29)33)36(40)42-24-28-17-13-10-14-18-28/h9-18,21-22H,5-8,19-20,23-24H2,1-4H3. The van der Waals surface area contributed by atoms with Crippen molar-refractivity contribution in [3.05, 3.63) is 106 Å². The van der Waals surface area contributed by atoms with E-state index in [1.807, 2.05) is 74.5 Å². The fourth-order valence-corrected chi connectivity index (χ4v) is 5.83. The van der Waals surface area contributed by atoms with Crippen molar-refractivity contribution in [2.24, 2.45) is 0 Å². The third-order valence-electron chi connectivity index (χ3n) is 8.13. The Morgan fingerprint density at radius 2 is 1.00 bits per heavy atom. The van der Waals surface area contributed by atoms with Gasteiger partial charge in [-0.2, -0.15) is 0 Å². The Labute approximate surface area is 247 Å². The topological polar surface area (TPSA) is 62.5 Å². The van der Waals surface area contributed by atoms with Gasteiger partial charge in [0.05, 0.1) is 11.0 Å². The van der Waals surface area contributed by atoms with Crippen LogP contribution in [0, 0.1) is 13.8 Å². The molecule has 0 fully saturated rings. The summed E-state index contributed by atoms with van der Waals surface area (Å²) in [5, 5.41) is 1.95. The van der Waals surface area contributed by atoms with Gasteiger partial charge in [0.25, 0.3) is 0 Å². The van der Waals surface area contributed by atoms with E-state index in [1.165, 1.54) is 0 Å². The van der Waals surface area contributed by atoms with E-state index in [0.717, 1.165) is 94.0 Å². The van der Waals surface area contributed by atoms with E-state index >= 15 is 0 Å². The number of nitrogens with zero attached hydrogens (tertiary/aromatic N) is 2. The first-order valence-corrected chi connectivity index (χ1v) is 15.0. The molecule has 0 saturated carbocycles. The Kier molecular flexibility index (Phi) is 9.11. The molecule has 218 valence electrons. The number of ether oxygens (including phenoxy) is 2. The molecule has 0 N–H and O–H groups in total. The minimum atomic E-state index is -0.392. The summed E-state index contributed by atoms with van der Waals surface area (Å²) in [5.41, 5.74) is 7.51. The highest BCUT2D eigenvalue weighted by Crippen LogP contribution is 2.36. The van der Waals surface area contributed by atoms with Crippen LogP contribution in [0.2, 0.25) is 0 Å². The zero-order valence-electron chi connectivity index (χ0n) is 25.1. The van der Waals surface area contributed by atoms with Crippen molar-refractivity contribution in [1.82, 2.24) is 9.13 Å². The van der Waals surface area contributed by atoms with Crippen molar-refractivity contribution in [3.63, 3.8) is 0 Å². The molecule has 0 saturated heterocycles. The van der Waals surface area contributed by atoms with Gasteiger partial charge in [0, 0.05) is 22.2 Å². The molecule has 0 aliphatic carbocycles. The summed E-state index contributed by atoms with van der Waals surface area (Å²) in [7, 11) is 0. The molecule has 0 aliphatic heterocycles. The SMILES string of the molecule is CCCCc1c(C)n(C(=O)OCc2ccccc2)c2cc3c(CCCC)c(C)n(C(=O)OCc4ccccc4)c3cc12. The maximum absolute atomic E-state index is 13.6. The summed E-state index contributed by atoms with van der Waals surface area (Å²) in [6.45, 7) is 8.72. The molecule has 2 heterocycles. The van der Waals surface area contributed by atoms with Crippen LogP contribution in [-0.4, -0.2) is 21.3 Å². The molecule has 3 aromatic carbocycles.